The summed E-state index contributed by atoms with van der Waals surface area (Å²) in [6.07, 6.45) is 9.44. The van der Waals surface area contributed by atoms with Crippen molar-refractivity contribution in [2.75, 3.05) is 13.1 Å². The number of aliphatic carboxylic acids is 1. The highest BCUT2D eigenvalue weighted by Crippen LogP contribution is 2.35. The monoisotopic (exact) mass is 253 g/mol. The molecule has 2 aliphatic rings. The van der Waals surface area contributed by atoms with Crippen molar-refractivity contribution in [2.24, 2.45) is 11.8 Å². The lowest BCUT2D eigenvalue weighted by Crippen LogP contribution is -2.47. The number of nitrogens with zero attached hydrogens (tertiary/aromatic N) is 1. The Morgan fingerprint density at radius 2 is 1.83 bits per heavy atom. The predicted molar refractivity (Wildman–Crippen MR) is 72.6 cm³/mol. The molecule has 1 N–H and O–H groups in total. The molecule has 2 rings (SSSR count). The maximum atomic E-state index is 11.5. The zero-order chi connectivity index (χ0) is 13.0. The van der Waals surface area contributed by atoms with Gasteiger partial charge in [-0.15, -0.1) is 0 Å². The van der Waals surface area contributed by atoms with E-state index < -0.39 is 5.97 Å². The summed E-state index contributed by atoms with van der Waals surface area (Å²) in [6.45, 7) is 4.47. The van der Waals surface area contributed by atoms with Gasteiger partial charge in [-0.25, -0.2) is 0 Å². The van der Waals surface area contributed by atoms with E-state index >= 15 is 0 Å². The fourth-order valence-electron chi connectivity index (χ4n) is 3.72. The van der Waals surface area contributed by atoms with Gasteiger partial charge in [0.2, 0.25) is 0 Å². The lowest BCUT2D eigenvalue weighted by molar-refractivity contribution is -0.146. The number of hydrogen-bond donors (Lipinski definition) is 1. The van der Waals surface area contributed by atoms with E-state index in [-0.39, 0.29) is 5.92 Å². The summed E-state index contributed by atoms with van der Waals surface area (Å²) >= 11 is 0. The summed E-state index contributed by atoms with van der Waals surface area (Å²) in [5, 5.41) is 9.44. The summed E-state index contributed by atoms with van der Waals surface area (Å²) in [6, 6.07) is 0.305. The van der Waals surface area contributed by atoms with Gasteiger partial charge in [0.25, 0.3) is 0 Å². The Hall–Kier alpha value is -0.570. The normalized spacial score (nSPS) is 35.1. The molecule has 3 heteroatoms. The minimum atomic E-state index is -0.571. The SMILES string of the molecule is CCC1CCC(C(=O)O)C(N2CCCCCC2)C1. The van der Waals surface area contributed by atoms with Gasteiger partial charge >= 0.3 is 5.97 Å². The summed E-state index contributed by atoms with van der Waals surface area (Å²) in [4.78, 5) is 14.0. The van der Waals surface area contributed by atoms with E-state index in [9.17, 15) is 9.90 Å². The Kier molecular flexibility index (Phi) is 5.04. The van der Waals surface area contributed by atoms with Crippen LogP contribution in [0.4, 0.5) is 0 Å². The van der Waals surface area contributed by atoms with Crippen molar-refractivity contribution < 1.29 is 9.90 Å². The van der Waals surface area contributed by atoms with Gasteiger partial charge in [-0.3, -0.25) is 9.69 Å². The fourth-order valence-corrected chi connectivity index (χ4v) is 3.72. The van der Waals surface area contributed by atoms with E-state index in [2.05, 4.69) is 11.8 Å². The van der Waals surface area contributed by atoms with Crippen LogP contribution in [0.2, 0.25) is 0 Å². The number of likely N-dealkylation sites (tertiary alicyclic amines) is 1. The van der Waals surface area contributed by atoms with E-state index in [0.717, 1.165) is 38.3 Å². The molecule has 18 heavy (non-hydrogen) atoms. The van der Waals surface area contributed by atoms with E-state index in [1.165, 1.54) is 32.1 Å². The van der Waals surface area contributed by atoms with Gasteiger partial charge in [0.1, 0.15) is 0 Å². The summed E-state index contributed by atoms with van der Waals surface area (Å²) in [5.74, 6) is 0.0542. The van der Waals surface area contributed by atoms with Crippen molar-refractivity contribution in [2.45, 2.75) is 64.3 Å². The third kappa shape index (κ3) is 3.25. The molecule has 1 aliphatic heterocycles. The first-order valence-electron chi connectivity index (χ1n) is 7.69. The summed E-state index contributed by atoms with van der Waals surface area (Å²) in [7, 11) is 0. The van der Waals surface area contributed by atoms with Crippen molar-refractivity contribution in [1.82, 2.24) is 4.90 Å². The Bertz CT molecular complexity index is 272. The topological polar surface area (TPSA) is 40.5 Å². The highest BCUT2D eigenvalue weighted by Gasteiger charge is 2.37. The van der Waals surface area contributed by atoms with Gasteiger partial charge in [0.05, 0.1) is 5.92 Å². The second-order valence-electron chi connectivity index (χ2n) is 6.05. The Balaban J connectivity index is 2.05. The lowest BCUT2D eigenvalue weighted by atomic mass is 9.76. The van der Waals surface area contributed by atoms with Crippen LogP contribution in [0.3, 0.4) is 0 Å². The molecular formula is C15H27NO2. The van der Waals surface area contributed by atoms with Crippen molar-refractivity contribution >= 4 is 5.97 Å². The summed E-state index contributed by atoms with van der Waals surface area (Å²) in [5.41, 5.74) is 0. The third-order valence-corrected chi connectivity index (χ3v) is 4.93. The second kappa shape index (κ2) is 6.55. The highest BCUT2D eigenvalue weighted by molar-refractivity contribution is 5.71. The minimum Gasteiger partial charge on any atom is -0.481 e. The molecule has 1 saturated carbocycles. The highest BCUT2D eigenvalue weighted by atomic mass is 16.4. The first-order valence-corrected chi connectivity index (χ1v) is 7.69. The van der Waals surface area contributed by atoms with E-state index in [0.29, 0.717) is 6.04 Å². The van der Waals surface area contributed by atoms with E-state index in [1.54, 1.807) is 0 Å². The van der Waals surface area contributed by atoms with Crippen molar-refractivity contribution in [1.29, 1.82) is 0 Å². The van der Waals surface area contributed by atoms with Crippen LogP contribution in [-0.2, 0) is 4.79 Å². The van der Waals surface area contributed by atoms with Crippen LogP contribution in [0, 0.1) is 11.8 Å². The number of hydrogen-bond acceptors (Lipinski definition) is 2. The molecule has 0 bridgehead atoms. The molecule has 1 heterocycles. The fraction of sp³-hybridized carbons (Fsp3) is 0.933. The minimum absolute atomic E-state index is 0.120. The first kappa shape index (κ1) is 13.9. The smallest absolute Gasteiger partial charge is 0.308 e. The maximum absolute atomic E-state index is 11.5. The average molecular weight is 253 g/mol. The van der Waals surface area contributed by atoms with Crippen molar-refractivity contribution in [3.05, 3.63) is 0 Å². The maximum Gasteiger partial charge on any atom is 0.308 e. The van der Waals surface area contributed by atoms with E-state index in [4.69, 9.17) is 0 Å². The van der Waals surface area contributed by atoms with Gasteiger partial charge in [-0.2, -0.15) is 0 Å². The molecule has 2 fully saturated rings. The molecular weight excluding hydrogens is 226 g/mol. The Morgan fingerprint density at radius 3 is 2.39 bits per heavy atom. The van der Waals surface area contributed by atoms with Crippen LogP contribution in [-0.4, -0.2) is 35.1 Å². The van der Waals surface area contributed by atoms with Gasteiger partial charge in [0.15, 0.2) is 0 Å². The zero-order valence-electron chi connectivity index (χ0n) is 11.6. The van der Waals surface area contributed by atoms with Gasteiger partial charge in [0, 0.05) is 6.04 Å². The molecule has 1 saturated heterocycles. The standard InChI is InChI=1S/C15H27NO2/c1-2-12-7-8-13(15(17)18)14(11-12)16-9-5-3-4-6-10-16/h12-14H,2-11H2,1H3,(H,17,18). The molecule has 3 unspecified atom stereocenters. The summed E-state index contributed by atoms with van der Waals surface area (Å²) < 4.78 is 0. The Labute approximate surface area is 111 Å². The lowest BCUT2D eigenvalue weighted by Gasteiger charge is -2.40. The molecule has 3 nitrogen and oxygen atoms in total. The van der Waals surface area contributed by atoms with Crippen LogP contribution in [0.1, 0.15) is 58.3 Å². The molecule has 0 aromatic carbocycles. The zero-order valence-corrected chi connectivity index (χ0v) is 11.6. The molecule has 0 aromatic rings. The van der Waals surface area contributed by atoms with E-state index in [1.807, 2.05) is 0 Å². The van der Waals surface area contributed by atoms with Gasteiger partial charge in [-0.1, -0.05) is 26.2 Å². The third-order valence-electron chi connectivity index (χ3n) is 4.93. The quantitative estimate of drug-likeness (QED) is 0.840. The molecule has 0 amide bonds. The van der Waals surface area contributed by atoms with Crippen LogP contribution in [0.5, 0.6) is 0 Å². The second-order valence-corrected chi connectivity index (χ2v) is 6.05. The van der Waals surface area contributed by atoms with Crippen LogP contribution in [0.25, 0.3) is 0 Å². The first-order chi connectivity index (χ1) is 8.72. The van der Waals surface area contributed by atoms with Gasteiger partial charge < -0.3 is 5.11 Å². The number of carbonyl (C=O) groups is 1. The largest absolute Gasteiger partial charge is 0.481 e. The number of rotatable bonds is 3. The number of carboxylic acid groups (broad SMARTS) is 1. The molecule has 1 aliphatic carbocycles. The number of carboxylic acids is 1. The molecule has 0 radical (unpaired) electrons. The van der Waals surface area contributed by atoms with Crippen LogP contribution < -0.4 is 0 Å². The van der Waals surface area contributed by atoms with Crippen LogP contribution in [0.15, 0.2) is 0 Å². The molecule has 0 spiro atoms. The molecule has 0 aromatic heterocycles. The van der Waals surface area contributed by atoms with Gasteiger partial charge in [-0.05, 0) is 51.1 Å². The molecule has 3 atom stereocenters. The molecule has 104 valence electrons. The van der Waals surface area contributed by atoms with Crippen molar-refractivity contribution in [3.8, 4) is 0 Å². The predicted octanol–water partition coefficient (Wildman–Crippen LogP) is 3.14. The van der Waals surface area contributed by atoms with Crippen molar-refractivity contribution in [3.63, 3.8) is 0 Å². The van der Waals surface area contributed by atoms with Crippen LogP contribution >= 0.6 is 0 Å². The average Bonchev–Trinajstić information content (AvgIpc) is 2.66. The Morgan fingerprint density at radius 1 is 1.17 bits per heavy atom.